The topological polar surface area (TPSA) is 63.2 Å². The van der Waals surface area contributed by atoms with Gasteiger partial charge in [0, 0.05) is 17.5 Å². The molecule has 24 heavy (non-hydrogen) atoms. The van der Waals surface area contributed by atoms with Crippen LogP contribution in [0.25, 0.3) is 0 Å². The van der Waals surface area contributed by atoms with Crippen LogP contribution in [0.2, 0.25) is 5.02 Å². The molecule has 2 bridgehead atoms. The van der Waals surface area contributed by atoms with E-state index in [0.29, 0.717) is 10.9 Å². The average molecular weight is 370 g/mol. The Morgan fingerprint density at radius 2 is 1.96 bits per heavy atom. The zero-order valence-corrected chi connectivity index (χ0v) is 15.4. The molecule has 2 aliphatic rings. The maximum absolute atomic E-state index is 12.3. The minimum Gasteiger partial charge on any atom is -0.353 e. The van der Waals surface area contributed by atoms with Crippen LogP contribution in [0.15, 0.2) is 29.2 Å². The molecule has 6 heteroatoms. The first-order chi connectivity index (χ1) is 11.3. The van der Waals surface area contributed by atoms with Crippen molar-refractivity contribution in [3.05, 3.63) is 29.3 Å². The number of carbonyl (C=O) groups is 1. The largest absolute Gasteiger partial charge is 0.353 e. The summed E-state index contributed by atoms with van der Waals surface area (Å²) in [6.07, 6.45) is 5.11. The summed E-state index contributed by atoms with van der Waals surface area (Å²) in [5.74, 6) is 1.78. The van der Waals surface area contributed by atoms with Crippen LogP contribution in [0.3, 0.4) is 0 Å². The minimum absolute atomic E-state index is 0.00385. The van der Waals surface area contributed by atoms with Gasteiger partial charge in [0.05, 0.1) is 10.6 Å². The van der Waals surface area contributed by atoms with Crippen LogP contribution in [0, 0.1) is 17.8 Å². The van der Waals surface area contributed by atoms with Gasteiger partial charge in [0.1, 0.15) is 0 Å². The summed E-state index contributed by atoms with van der Waals surface area (Å²) in [5.41, 5.74) is 0. The van der Waals surface area contributed by atoms with E-state index in [4.69, 9.17) is 11.6 Å². The van der Waals surface area contributed by atoms with Gasteiger partial charge in [-0.1, -0.05) is 18.0 Å². The van der Waals surface area contributed by atoms with Crippen LogP contribution in [0.4, 0.5) is 0 Å². The Kier molecular flexibility index (Phi) is 5.21. The van der Waals surface area contributed by atoms with Gasteiger partial charge in [0.25, 0.3) is 0 Å². The minimum atomic E-state index is -3.45. The standard InChI is InChI=1S/C18H24ClNO3S/c1-12(17-11-13-2-3-14(17)10-13)20-18(21)8-9-24(22,23)16-6-4-15(19)5-7-16/h4-7,12-14,17H,2-3,8-11H2,1H3,(H,20,21)/t12-,13-,14-,17-/m0/s1. The number of fused-ring (bicyclic) bond motifs is 2. The first-order valence-electron chi connectivity index (χ1n) is 8.63. The first kappa shape index (κ1) is 17.7. The smallest absolute Gasteiger partial charge is 0.221 e. The van der Waals surface area contributed by atoms with E-state index < -0.39 is 9.84 Å². The molecule has 2 aliphatic carbocycles. The van der Waals surface area contributed by atoms with Crippen molar-refractivity contribution in [1.29, 1.82) is 0 Å². The summed E-state index contributed by atoms with van der Waals surface area (Å²) in [7, 11) is -3.45. The number of rotatable bonds is 6. The van der Waals surface area contributed by atoms with Crippen LogP contribution >= 0.6 is 11.6 Å². The van der Waals surface area contributed by atoms with E-state index in [1.165, 1.54) is 37.8 Å². The number of nitrogens with one attached hydrogen (secondary N) is 1. The fourth-order valence-electron chi connectivity index (χ4n) is 4.33. The Balaban J connectivity index is 1.51. The number of hydrogen-bond acceptors (Lipinski definition) is 3. The molecule has 0 radical (unpaired) electrons. The second-order valence-electron chi connectivity index (χ2n) is 7.22. The summed E-state index contributed by atoms with van der Waals surface area (Å²) >= 11 is 5.78. The Bertz CT molecular complexity index is 701. The molecule has 0 unspecified atom stereocenters. The number of sulfone groups is 1. The van der Waals surface area contributed by atoms with E-state index in [2.05, 4.69) is 12.2 Å². The summed E-state index contributed by atoms with van der Waals surface area (Å²) < 4.78 is 24.5. The maximum Gasteiger partial charge on any atom is 0.221 e. The molecular weight excluding hydrogens is 346 g/mol. The highest BCUT2D eigenvalue weighted by Gasteiger charge is 2.42. The van der Waals surface area contributed by atoms with Crippen molar-refractivity contribution >= 4 is 27.3 Å². The molecule has 2 fully saturated rings. The van der Waals surface area contributed by atoms with Gasteiger partial charge in [-0.2, -0.15) is 0 Å². The van der Waals surface area contributed by atoms with Crippen LogP contribution in [0.1, 0.15) is 39.0 Å². The lowest BCUT2D eigenvalue weighted by Gasteiger charge is -2.28. The fraction of sp³-hybridized carbons (Fsp3) is 0.611. The molecule has 4 nitrogen and oxygen atoms in total. The van der Waals surface area contributed by atoms with E-state index in [0.717, 1.165) is 11.8 Å². The third-order valence-corrected chi connectivity index (χ3v) is 7.58. The van der Waals surface area contributed by atoms with E-state index in [-0.39, 0.29) is 29.0 Å². The quantitative estimate of drug-likeness (QED) is 0.835. The highest BCUT2D eigenvalue weighted by Crippen LogP contribution is 2.49. The highest BCUT2D eigenvalue weighted by atomic mass is 35.5. The lowest BCUT2D eigenvalue weighted by molar-refractivity contribution is -0.121. The predicted octanol–water partition coefficient (Wildman–Crippen LogP) is 3.44. The summed E-state index contributed by atoms with van der Waals surface area (Å²) in [4.78, 5) is 12.4. The summed E-state index contributed by atoms with van der Waals surface area (Å²) in [5, 5.41) is 3.51. The van der Waals surface area contributed by atoms with E-state index in [1.807, 2.05) is 0 Å². The van der Waals surface area contributed by atoms with E-state index in [9.17, 15) is 13.2 Å². The van der Waals surface area contributed by atoms with Crippen molar-refractivity contribution in [2.24, 2.45) is 17.8 Å². The number of hydrogen-bond donors (Lipinski definition) is 1. The van der Waals surface area contributed by atoms with E-state index in [1.54, 1.807) is 12.1 Å². The lowest BCUT2D eigenvalue weighted by Crippen LogP contribution is -2.40. The van der Waals surface area contributed by atoms with Crippen LogP contribution in [0.5, 0.6) is 0 Å². The first-order valence-corrected chi connectivity index (χ1v) is 10.7. The van der Waals surface area contributed by atoms with Gasteiger partial charge in [-0.25, -0.2) is 8.42 Å². The van der Waals surface area contributed by atoms with Crippen molar-refractivity contribution < 1.29 is 13.2 Å². The van der Waals surface area contributed by atoms with Gasteiger partial charge < -0.3 is 5.32 Å². The SMILES string of the molecule is C[C@H](NC(=O)CCS(=O)(=O)c1ccc(Cl)cc1)[C@@H]1C[C@H]2CC[C@H]1C2. The number of carbonyl (C=O) groups excluding carboxylic acids is 1. The average Bonchev–Trinajstić information content (AvgIpc) is 3.16. The van der Waals surface area contributed by atoms with Crippen molar-refractivity contribution in [3.8, 4) is 0 Å². The van der Waals surface area contributed by atoms with E-state index >= 15 is 0 Å². The second kappa shape index (κ2) is 7.04. The predicted molar refractivity (Wildman–Crippen MR) is 94.7 cm³/mol. The Hall–Kier alpha value is -1.07. The lowest BCUT2D eigenvalue weighted by atomic mass is 9.84. The fourth-order valence-corrected chi connectivity index (χ4v) is 5.69. The molecule has 132 valence electrons. The molecule has 1 N–H and O–H groups in total. The molecule has 1 aromatic carbocycles. The van der Waals surface area contributed by atoms with Crippen molar-refractivity contribution in [2.75, 3.05) is 5.75 Å². The molecule has 0 heterocycles. The van der Waals surface area contributed by atoms with Gasteiger partial charge in [0.15, 0.2) is 9.84 Å². The van der Waals surface area contributed by atoms with Crippen LogP contribution in [-0.4, -0.2) is 26.1 Å². The zero-order chi connectivity index (χ0) is 17.3. The molecule has 1 aromatic rings. The van der Waals surface area contributed by atoms with Crippen LogP contribution in [-0.2, 0) is 14.6 Å². The van der Waals surface area contributed by atoms with Crippen molar-refractivity contribution in [1.82, 2.24) is 5.32 Å². The molecule has 2 saturated carbocycles. The number of benzene rings is 1. The molecule has 1 amide bonds. The monoisotopic (exact) mass is 369 g/mol. The molecule has 0 aromatic heterocycles. The number of halogens is 1. The normalized spacial score (nSPS) is 27.2. The number of amides is 1. The molecule has 4 atom stereocenters. The van der Waals surface area contributed by atoms with Crippen LogP contribution < -0.4 is 5.32 Å². The molecule has 0 spiro atoms. The van der Waals surface area contributed by atoms with Gasteiger partial charge in [0.2, 0.25) is 5.91 Å². The molecular formula is C18H24ClNO3S. The zero-order valence-electron chi connectivity index (χ0n) is 13.9. The highest BCUT2D eigenvalue weighted by molar-refractivity contribution is 7.91. The molecule has 0 aliphatic heterocycles. The van der Waals surface area contributed by atoms with Gasteiger partial charge in [-0.3, -0.25) is 4.79 Å². The molecule has 0 saturated heterocycles. The second-order valence-corrected chi connectivity index (χ2v) is 9.76. The van der Waals surface area contributed by atoms with Crippen molar-refractivity contribution in [3.63, 3.8) is 0 Å². The Morgan fingerprint density at radius 3 is 2.54 bits per heavy atom. The summed E-state index contributed by atoms with van der Waals surface area (Å²) in [6, 6.07) is 6.18. The Morgan fingerprint density at radius 1 is 1.25 bits per heavy atom. The maximum atomic E-state index is 12.3. The summed E-state index contributed by atoms with van der Waals surface area (Å²) in [6.45, 7) is 2.05. The van der Waals surface area contributed by atoms with Gasteiger partial charge >= 0.3 is 0 Å². The Labute approximate surface area is 148 Å². The van der Waals surface area contributed by atoms with Gasteiger partial charge in [-0.05, 0) is 68.2 Å². The van der Waals surface area contributed by atoms with Crippen molar-refractivity contribution in [2.45, 2.75) is 50.0 Å². The molecule has 3 rings (SSSR count). The van der Waals surface area contributed by atoms with Gasteiger partial charge in [-0.15, -0.1) is 0 Å². The third kappa shape index (κ3) is 3.94. The third-order valence-electron chi connectivity index (χ3n) is 5.59.